The van der Waals surface area contributed by atoms with Crippen LogP contribution in [-0.4, -0.2) is 34.2 Å². The number of nitrogens with one attached hydrogen (secondary N) is 2. The van der Waals surface area contributed by atoms with E-state index in [0.717, 1.165) is 15.8 Å². The van der Waals surface area contributed by atoms with Crippen molar-refractivity contribution in [2.45, 2.75) is 5.03 Å². The number of nitrogens with zero attached hydrogens (tertiary/aromatic N) is 2. The van der Waals surface area contributed by atoms with E-state index in [4.69, 9.17) is 0 Å². The Bertz CT molecular complexity index is 942. The number of carbonyl (C=O) groups excluding carboxylic acids is 2. The third kappa shape index (κ3) is 4.47. The molecule has 0 spiro atoms. The number of urea groups is 1. The summed E-state index contributed by atoms with van der Waals surface area (Å²) in [5.74, 6) is 0.314. The second-order valence-electron chi connectivity index (χ2n) is 5.18. The van der Waals surface area contributed by atoms with Crippen LogP contribution in [0.2, 0.25) is 0 Å². The number of carbonyl (C=O) groups is 2. The van der Waals surface area contributed by atoms with Crippen molar-refractivity contribution in [3.8, 4) is 10.7 Å². The lowest BCUT2D eigenvalue weighted by Gasteiger charge is -2.08. The Morgan fingerprint density at radius 2 is 2.04 bits per heavy atom. The first-order valence-corrected chi connectivity index (χ1v) is 9.66. The van der Waals surface area contributed by atoms with Crippen LogP contribution in [0.25, 0.3) is 21.6 Å². The molecule has 8 heteroatoms. The maximum Gasteiger partial charge on any atom is 0.321 e. The standard InChI is InChI=1S/C18H16N4O2S2/c1-2-9-19-18(24)21-15(23)11-26-17-12-6-3-4-7-13(12)20-16(22-17)14-8-5-10-25-14/h2-8,10H,1,9,11H2,(H2,19,21,23,24). The summed E-state index contributed by atoms with van der Waals surface area (Å²) < 4.78 is 0. The Morgan fingerprint density at radius 1 is 1.19 bits per heavy atom. The molecule has 0 aliphatic rings. The number of hydrogen-bond acceptors (Lipinski definition) is 6. The molecule has 1 aromatic carbocycles. The summed E-state index contributed by atoms with van der Waals surface area (Å²) in [6.07, 6.45) is 1.54. The Hall–Kier alpha value is -2.71. The van der Waals surface area contributed by atoms with Gasteiger partial charge in [0.2, 0.25) is 5.91 Å². The van der Waals surface area contributed by atoms with Crippen molar-refractivity contribution in [3.63, 3.8) is 0 Å². The van der Waals surface area contributed by atoms with Crippen molar-refractivity contribution in [2.75, 3.05) is 12.3 Å². The molecule has 6 nitrogen and oxygen atoms in total. The van der Waals surface area contributed by atoms with E-state index in [1.54, 1.807) is 11.3 Å². The number of hydrogen-bond donors (Lipinski definition) is 2. The van der Waals surface area contributed by atoms with Gasteiger partial charge in [-0.1, -0.05) is 42.1 Å². The molecule has 132 valence electrons. The lowest BCUT2D eigenvalue weighted by molar-refractivity contribution is -0.117. The highest BCUT2D eigenvalue weighted by molar-refractivity contribution is 8.00. The minimum Gasteiger partial charge on any atom is -0.334 e. The van der Waals surface area contributed by atoms with Crippen LogP contribution in [0.4, 0.5) is 4.79 Å². The van der Waals surface area contributed by atoms with Crippen molar-refractivity contribution >= 4 is 45.9 Å². The van der Waals surface area contributed by atoms with Gasteiger partial charge in [0.15, 0.2) is 5.82 Å². The summed E-state index contributed by atoms with van der Waals surface area (Å²) in [5.41, 5.74) is 0.817. The first kappa shape index (κ1) is 18.1. The molecule has 2 N–H and O–H groups in total. The van der Waals surface area contributed by atoms with E-state index >= 15 is 0 Å². The summed E-state index contributed by atoms with van der Waals surface area (Å²) in [7, 11) is 0. The number of imide groups is 1. The summed E-state index contributed by atoms with van der Waals surface area (Å²) in [6, 6.07) is 11.0. The average molecular weight is 384 g/mol. The van der Waals surface area contributed by atoms with Gasteiger partial charge in [-0.15, -0.1) is 17.9 Å². The number of thiophene rings is 1. The topological polar surface area (TPSA) is 84.0 Å². The molecular formula is C18H16N4O2S2. The second kappa shape index (κ2) is 8.59. The molecule has 0 radical (unpaired) electrons. The zero-order valence-electron chi connectivity index (χ0n) is 13.8. The zero-order chi connectivity index (χ0) is 18.4. The maximum atomic E-state index is 12.0. The quantitative estimate of drug-likeness (QED) is 0.386. The van der Waals surface area contributed by atoms with E-state index in [9.17, 15) is 9.59 Å². The van der Waals surface area contributed by atoms with E-state index in [1.807, 2.05) is 41.8 Å². The van der Waals surface area contributed by atoms with Gasteiger partial charge in [-0.2, -0.15) is 0 Å². The van der Waals surface area contributed by atoms with Crippen LogP contribution in [0.1, 0.15) is 0 Å². The fourth-order valence-corrected chi connectivity index (χ4v) is 3.66. The molecule has 0 unspecified atom stereocenters. The van der Waals surface area contributed by atoms with Crippen LogP contribution in [0, 0.1) is 0 Å². The molecule has 2 aromatic heterocycles. The average Bonchev–Trinajstić information content (AvgIpc) is 3.19. The Labute approximate surface area is 158 Å². The van der Waals surface area contributed by atoms with Crippen LogP contribution < -0.4 is 10.6 Å². The number of fused-ring (bicyclic) bond motifs is 1. The van der Waals surface area contributed by atoms with Gasteiger partial charge in [0.25, 0.3) is 0 Å². The minimum absolute atomic E-state index is 0.0758. The van der Waals surface area contributed by atoms with Crippen molar-refractivity contribution in [1.29, 1.82) is 0 Å². The normalized spacial score (nSPS) is 10.5. The van der Waals surface area contributed by atoms with E-state index in [0.29, 0.717) is 17.4 Å². The highest BCUT2D eigenvalue weighted by Gasteiger charge is 2.13. The highest BCUT2D eigenvalue weighted by atomic mass is 32.2. The predicted molar refractivity (Wildman–Crippen MR) is 105 cm³/mol. The molecule has 0 atom stereocenters. The van der Waals surface area contributed by atoms with Gasteiger partial charge in [0.1, 0.15) is 5.03 Å². The first-order chi connectivity index (χ1) is 12.7. The van der Waals surface area contributed by atoms with E-state index in [-0.39, 0.29) is 5.75 Å². The molecular weight excluding hydrogens is 368 g/mol. The fourth-order valence-electron chi connectivity index (χ4n) is 2.18. The number of aromatic nitrogens is 2. The van der Waals surface area contributed by atoms with Gasteiger partial charge in [0, 0.05) is 11.9 Å². The number of rotatable bonds is 6. The second-order valence-corrected chi connectivity index (χ2v) is 7.09. The van der Waals surface area contributed by atoms with Crippen molar-refractivity contribution in [1.82, 2.24) is 20.6 Å². The van der Waals surface area contributed by atoms with Crippen LogP contribution in [0.5, 0.6) is 0 Å². The Morgan fingerprint density at radius 3 is 2.81 bits per heavy atom. The van der Waals surface area contributed by atoms with Gasteiger partial charge in [-0.05, 0) is 17.5 Å². The van der Waals surface area contributed by atoms with E-state index < -0.39 is 11.9 Å². The third-order valence-electron chi connectivity index (χ3n) is 3.31. The molecule has 26 heavy (non-hydrogen) atoms. The largest absolute Gasteiger partial charge is 0.334 e. The first-order valence-electron chi connectivity index (χ1n) is 7.79. The molecule has 0 bridgehead atoms. The van der Waals surface area contributed by atoms with Crippen LogP contribution >= 0.6 is 23.1 Å². The lowest BCUT2D eigenvalue weighted by Crippen LogP contribution is -2.40. The monoisotopic (exact) mass is 384 g/mol. The SMILES string of the molecule is C=CCNC(=O)NC(=O)CSc1nc(-c2cccs2)nc2ccccc12. The Balaban J connectivity index is 1.77. The van der Waals surface area contributed by atoms with E-state index in [2.05, 4.69) is 27.2 Å². The molecule has 0 saturated carbocycles. The van der Waals surface area contributed by atoms with E-state index in [1.165, 1.54) is 17.8 Å². The number of para-hydroxylation sites is 1. The molecule has 0 saturated heterocycles. The van der Waals surface area contributed by atoms with Crippen LogP contribution in [0.15, 0.2) is 59.5 Å². The van der Waals surface area contributed by atoms with Crippen LogP contribution in [0.3, 0.4) is 0 Å². The molecule has 3 rings (SSSR count). The van der Waals surface area contributed by atoms with Gasteiger partial charge in [-0.25, -0.2) is 14.8 Å². The predicted octanol–water partition coefficient (Wildman–Crippen LogP) is 3.46. The maximum absolute atomic E-state index is 12.0. The van der Waals surface area contributed by atoms with Crippen molar-refractivity contribution in [3.05, 3.63) is 54.4 Å². The lowest BCUT2D eigenvalue weighted by atomic mass is 10.2. The summed E-state index contributed by atoms with van der Waals surface area (Å²) in [5, 5.41) is 8.33. The van der Waals surface area contributed by atoms with Gasteiger partial charge >= 0.3 is 6.03 Å². The van der Waals surface area contributed by atoms with Crippen LogP contribution in [-0.2, 0) is 4.79 Å². The number of amides is 3. The molecule has 2 heterocycles. The molecule has 0 aliphatic heterocycles. The fraction of sp³-hybridized carbons (Fsp3) is 0.111. The number of benzene rings is 1. The molecule has 0 fully saturated rings. The highest BCUT2D eigenvalue weighted by Crippen LogP contribution is 2.29. The summed E-state index contributed by atoms with van der Waals surface area (Å²) in [4.78, 5) is 33.7. The van der Waals surface area contributed by atoms with Gasteiger partial charge < -0.3 is 5.32 Å². The van der Waals surface area contributed by atoms with Gasteiger partial charge in [0.05, 0.1) is 16.1 Å². The smallest absolute Gasteiger partial charge is 0.321 e. The zero-order valence-corrected chi connectivity index (χ0v) is 15.4. The summed E-state index contributed by atoms with van der Waals surface area (Å²) >= 11 is 2.84. The van der Waals surface area contributed by atoms with Gasteiger partial charge in [-0.3, -0.25) is 10.1 Å². The molecule has 3 amide bonds. The minimum atomic E-state index is -0.540. The van der Waals surface area contributed by atoms with Crippen molar-refractivity contribution < 1.29 is 9.59 Å². The molecule has 3 aromatic rings. The third-order valence-corrected chi connectivity index (χ3v) is 5.17. The Kier molecular flexibility index (Phi) is 5.98. The van der Waals surface area contributed by atoms with Crippen molar-refractivity contribution in [2.24, 2.45) is 0 Å². The summed E-state index contributed by atoms with van der Waals surface area (Å²) in [6.45, 7) is 3.80. The molecule has 0 aliphatic carbocycles. The number of thioether (sulfide) groups is 1.